The maximum absolute atomic E-state index is 13.9. The smallest absolute Gasteiger partial charge is 0.245 e. The highest BCUT2D eigenvalue weighted by Gasteiger charge is 2.30. The number of ether oxygens (including phenoxy) is 1. The lowest BCUT2D eigenvalue weighted by Gasteiger charge is -2.29. The zero-order chi connectivity index (χ0) is 20.5. The van der Waals surface area contributed by atoms with Crippen LogP contribution in [0.4, 0.5) is 10.2 Å². The number of aromatic nitrogens is 1. The summed E-state index contributed by atoms with van der Waals surface area (Å²) in [6.45, 7) is 7.80. The van der Waals surface area contributed by atoms with Gasteiger partial charge < -0.3 is 10.1 Å². The van der Waals surface area contributed by atoms with Gasteiger partial charge in [-0.05, 0) is 45.9 Å². The van der Waals surface area contributed by atoms with Crippen molar-refractivity contribution in [2.24, 2.45) is 0 Å². The van der Waals surface area contributed by atoms with Gasteiger partial charge in [-0.2, -0.15) is 4.31 Å². The average Bonchev–Trinajstić information content (AvgIpc) is 2.62. The normalized spacial score (nSPS) is 16.9. The van der Waals surface area contributed by atoms with Crippen molar-refractivity contribution in [2.45, 2.75) is 57.1 Å². The monoisotopic (exact) mass is 407 g/mol. The molecule has 1 aromatic heterocycles. The zero-order valence-corrected chi connectivity index (χ0v) is 17.3. The second-order valence-electron chi connectivity index (χ2n) is 7.39. The lowest BCUT2D eigenvalue weighted by atomic mass is 10.0. The minimum atomic E-state index is -3.63. The summed E-state index contributed by atoms with van der Waals surface area (Å²) >= 11 is 0. The molecule has 0 unspecified atom stereocenters. The number of sulfonamides is 1. The predicted molar refractivity (Wildman–Crippen MR) is 106 cm³/mol. The number of pyridine rings is 1. The van der Waals surface area contributed by atoms with Crippen LogP contribution in [0.15, 0.2) is 41.4 Å². The van der Waals surface area contributed by atoms with Crippen LogP contribution in [-0.4, -0.2) is 36.4 Å². The number of fused-ring (bicyclic) bond motifs is 1. The Kier molecular flexibility index (Phi) is 5.90. The highest BCUT2D eigenvalue weighted by molar-refractivity contribution is 7.89. The van der Waals surface area contributed by atoms with Crippen LogP contribution in [0, 0.1) is 5.82 Å². The molecule has 1 aromatic carbocycles. The number of rotatable bonds is 6. The Hall–Kier alpha value is -2.19. The summed E-state index contributed by atoms with van der Waals surface area (Å²) in [6.07, 6.45) is 2.02. The Bertz CT molecular complexity index is 922. The molecule has 0 fully saturated rings. The first-order valence-corrected chi connectivity index (χ1v) is 10.8. The van der Waals surface area contributed by atoms with Gasteiger partial charge in [-0.25, -0.2) is 17.8 Å². The first kappa shape index (κ1) is 20.5. The van der Waals surface area contributed by atoms with E-state index in [0.29, 0.717) is 18.8 Å². The Morgan fingerprint density at radius 1 is 1.18 bits per heavy atom. The fourth-order valence-electron chi connectivity index (χ4n) is 3.61. The summed E-state index contributed by atoms with van der Waals surface area (Å²) in [5.41, 5.74) is 0.732. The minimum absolute atomic E-state index is 0.152. The van der Waals surface area contributed by atoms with Crippen molar-refractivity contribution in [2.75, 3.05) is 11.9 Å². The van der Waals surface area contributed by atoms with Crippen molar-refractivity contribution in [1.82, 2.24) is 9.29 Å². The second-order valence-corrected chi connectivity index (χ2v) is 9.24. The summed E-state index contributed by atoms with van der Waals surface area (Å²) in [4.78, 5) is 4.44. The zero-order valence-electron chi connectivity index (χ0n) is 16.5. The molecule has 0 saturated carbocycles. The van der Waals surface area contributed by atoms with Crippen molar-refractivity contribution in [3.63, 3.8) is 0 Å². The third-order valence-electron chi connectivity index (χ3n) is 4.68. The van der Waals surface area contributed by atoms with Gasteiger partial charge in [0.2, 0.25) is 10.0 Å². The molecule has 1 aliphatic heterocycles. The van der Waals surface area contributed by atoms with E-state index >= 15 is 0 Å². The van der Waals surface area contributed by atoms with E-state index < -0.39 is 10.0 Å². The highest BCUT2D eigenvalue weighted by atomic mass is 32.2. The Morgan fingerprint density at radius 3 is 2.50 bits per heavy atom. The van der Waals surface area contributed by atoms with E-state index in [9.17, 15) is 12.8 Å². The summed E-state index contributed by atoms with van der Waals surface area (Å²) < 4.78 is 46.7. The molecule has 2 aromatic rings. The van der Waals surface area contributed by atoms with Gasteiger partial charge in [0.25, 0.3) is 0 Å². The molecule has 0 spiro atoms. The molecule has 8 heteroatoms. The number of anilines is 1. The van der Waals surface area contributed by atoms with Crippen LogP contribution in [0.25, 0.3) is 0 Å². The Morgan fingerprint density at radius 2 is 1.89 bits per heavy atom. The van der Waals surface area contributed by atoms with E-state index in [2.05, 4.69) is 10.3 Å². The van der Waals surface area contributed by atoms with E-state index in [1.165, 1.54) is 16.6 Å². The van der Waals surface area contributed by atoms with Gasteiger partial charge in [0.1, 0.15) is 10.7 Å². The van der Waals surface area contributed by atoms with Crippen molar-refractivity contribution in [3.05, 3.63) is 47.9 Å². The van der Waals surface area contributed by atoms with Crippen molar-refractivity contribution < 1.29 is 17.5 Å². The van der Waals surface area contributed by atoms with Gasteiger partial charge in [-0.1, -0.05) is 12.1 Å². The van der Waals surface area contributed by atoms with Crippen LogP contribution in [0.1, 0.15) is 45.7 Å². The molecule has 0 saturated heterocycles. The predicted octanol–water partition coefficient (Wildman–Crippen LogP) is 3.96. The van der Waals surface area contributed by atoms with Crippen molar-refractivity contribution in [1.29, 1.82) is 0 Å². The summed E-state index contributed by atoms with van der Waals surface area (Å²) in [5, 5.41) is 3.25. The van der Waals surface area contributed by atoms with Crippen LogP contribution in [-0.2, 0) is 10.0 Å². The molecule has 152 valence electrons. The molecule has 0 amide bonds. The fourth-order valence-corrected chi connectivity index (χ4v) is 5.39. The lowest BCUT2D eigenvalue weighted by molar-refractivity contribution is 0.260. The molecule has 0 radical (unpaired) electrons. The summed E-state index contributed by atoms with van der Waals surface area (Å²) in [6, 6.07) is 7.55. The fraction of sp³-hybridized carbons (Fsp3) is 0.450. The largest absolute Gasteiger partial charge is 0.490 e. The maximum Gasteiger partial charge on any atom is 0.245 e. The molecule has 3 rings (SSSR count). The number of halogens is 1. The third-order valence-corrected chi connectivity index (χ3v) is 6.91. The van der Waals surface area contributed by atoms with Crippen LogP contribution in [0.2, 0.25) is 0 Å². The van der Waals surface area contributed by atoms with E-state index in [-0.39, 0.29) is 34.6 Å². The van der Waals surface area contributed by atoms with Gasteiger partial charge in [-0.15, -0.1) is 0 Å². The van der Waals surface area contributed by atoms with Crippen LogP contribution in [0.5, 0.6) is 5.75 Å². The number of hydrogen-bond acceptors (Lipinski definition) is 5. The molecule has 0 aliphatic carbocycles. The highest BCUT2D eigenvalue weighted by Crippen LogP contribution is 2.35. The summed E-state index contributed by atoms with van der Waals surface area (Å²) in [5.74, 6) is 0.400. The Labute approximate surface area is 165 Å². The first-order valence-electron chi connectivity index (χ1n) is 9.39. The van der Waals surface area contributed by atoms with Gasteiger partial charge in [0.15, 0.2) is 11.6 Å². The molecule has 28 heavy (non-hydrogen) atoms. The first-order chi connectivity index (χ1) is 13.2. The average molecular weight is 408 g/mol. The molecule has 1 N–H and O–H groups in total. The third kappa shape index (κ3) is 3.98. The van der Waals surface area contributed by atoms with E-state index in [0.717, 1.165) is 5.56 Å². The molecule has 1 aliphatic rings. The number of nitrogens with one attached hydrogen (secondary N) is 1. The van der Waals surface area contributed by atoms with Crippen molar-refractivity contribution in [3.8, 4) is 5.75 Å². The number of para-hydroxylation sites is 1. The lowest BCUT2D eigenvalue weighted by Crippen LogP contribution is -2.41. The summed E-state index contributed by atoms with van der Waals surface area (Å²) in [7, 11) is -3.63. The molecular weight excluding hydrogens is 381 g/mol. The second kappa shape index (κ2) is 8.05. The molecule has 2 heterocycles. The molecular formula is C20H26FN3O3S. The maximum atomic E-state index is 13.9. The van der Waals surface area contributed by atoms with E-state index in [4.69, 9.17) is 4.74 Å². The number of hydrogen-bond donors (Lipinski definition) is 1. The SMILES string of the molecule is CC(C)N(C(C)C)S(=O)(=O)c1ccc(N[C@H]2CCOc3c(F)cccc32)nc1. The quantitative estimate of drug-likeness (QED) is 0.785. The molecule has 1 atom stereocenters. The Balaban J connectivity index is 1.82. The standard InChI is InChI=1S/C20H26FN3O3S/c1-13(2)24(14(3)4)28(25,26)15-8-9-19(22-12-15)23-18-10-11-27-20-16(18)6-5-7-17(20)21/h5-9,12-14,18H,10-11H2,1-4H3,(H,22,23)/t18-/m0/s1. The van der Waals surface area contributed by atoms with Gasteiger partial charge >= 0.3 is 0 Å². The van der Waals surface area contributed by atoms with E-state index in [1.807, 2.05) is 33.8 Å². The topological polar surface area (TPSA) is 71.5 Å². The van der Waals surface area contributed by atoms with E-state index in [1.54, 1.807) is 18.2 Å². The number of benzene rings is 1. The van der Waals surface area contributed by atoms with Gasteiger partial charge in [0, 0.05) is 30.3 Å². The van der Waals surface area contributed by atoms with Gasteiger partial charge in [-0.3, -0.25) is 0 Å². The molecule has 0 bridgehead atoms. The molecule has 6 nitrogen and oxygen atoms in total. The minimum Gasteiger partial charge on any atom is -0.490 e. The van der Waals surface area contributed by atoms with Crippen LogP contribution >= 0.6 is 0 Å². The number of nitrogens with zero attached hydrogens (tertiary/aromatic N) is 2. The van der Waals surface area contributed by atoms with Gasteiger partial charge in [0.05, 0.1) is 12.6 Å². The van der Waals surface area contributed by atoms with Crippen LogP contribution < -0.4 is 10.1 Å². The van der Waals surface area contributed by atoms with Crippen molar-refractivity contribution >= 4 is 15.8 Å². The van der Waals surface area contributed by atoms with Crippen LogP contribution in [0.3, 0.4) is 0 Å².